The van der Waals surface area contributed by atoms with Crippen molar-refractivity contribution in [2.45, 2.75) is 51.1 Å². The lowest BCUT2D eigenvalue weighted by Crippen LogP contribution is -2.59. The first-order chi connectivity index (χ1) is 20.7. The van der Waals surface area contributed by atoms with Gasteiger partial charge in [0.05, 0.1) is 22.9 Å². The molecule has 6 nitrogen and oxygen atoms in total. The van der Waals surface area contributed by atoms with Crippen molar-refractivity contribution in [3.05, 3.63) is 93.0 Å². The molecule has 0 bridgehead atoms. The van der Waals surface area contributed by atoms with Gasteiger partial charge in [-0.1, -0.05) is 13.0 Å². The monoisotopic (exact) mass is 640 g/mol. The van der Waals surface area contributed by atoms with Gasteiger partial charge in [0, 0.05) is 22.4 Å². The number of aryl methyl sites for hydroxylation is 3. The number of hydrogen-bond donors (Lipinski definition) is 2. The minimum Gasteiger partial charge on any atom is -0.321 e. The number of hydrogen-bond acceptors (Lipinski definition) is 4. The number of anilines is 2. The first-order valence-electron chi connectivity index (χ1n) is 12.7. The van der Waals surface area contributed by atoms with Crippen molar-refractivity contribution >= 4 is 23.2 Å². The second-order valence-electron chi connectivity index (χ2n) is 9.83. The molecule has 0 aliphatic rings. The maximum Gasteiger partial charge on any atom is 0.457 e. The van der Waals surface area contributed by atoms with Crippen LogP contribution in [-0.2, 0) is 12.1 Å². The van der Waals surface area contributed by atoms with Gasteiger partial charge in [0.15, 0.2) is 0 Å². The number of nitrogens with one attached hydrogen (secondary N) is 2. The SMILES string of the molecule is CCc1cc(C(F)(C(F)(F)F)C(F)(F)C(F)(F)F)cc(C)c1NC(=O)c1ccc(C#N)c(NC(=O)c2ccc(C#N)cc2C)c1. The summed E-state index contributed by atoms with van der Waals surface area (Å²) < 4.78 is 123. The number of halogens is 9. The third kappa shape index (κ3) is 6.29. The molecule has 0 radical (unpaired) electrons. The molecule has 0 fully saturated rings. The van der Waals surface area contributed by atoms with E-state index in [1.807, 2.05) is 12.1 Å². The largest absolute Gasteiger partial charge is 0.457 e. The van der Waals surface area contributed by atoms with Crippen LogP contribution in [0.4, 0.5) is 50.9 Å². The third-order valence-electron chi connectivity index (χ3n) is 6.86. The second kappa shape index (κ2) is 12.1. The van der Waals surface area contributed by atoms with E-state index in [1.165, 1.54) is 31.2 Å². The topological polar surface area (TPSA) is 106 Å². The molecule has 1 atom stereocenters. The van der Waals surface area contributed by atoms with Crippen LogP contribution < -0.4 is 10.6 Å². The van der Waals surface area contributed by atoms with Gasteiger partial charge in [-0.05, 0) is 79.4 Å². The van der Waals surface area contributed by atoms with Gasteiger partial charge in [0.2, 0.25) is 0 Å². The molecular formula is C30H21F9N4O2. The lowest BCUT2D eigenvalue weighted by atomic mass is 9.85. The van der Waals surface area contributed by atoms with E-state index < -0.39 is 46.9 Å². The highest BCUT2D eigenvalue weighted by Crippen LogP contribution is 2.58. The average Bonchev–Trinajstić information content (AvgIpc) is 2.95. The number of carbonyl (C=O) groups is 2. The average molecular weight is 641 g/mol. The molecule has 0 heterocycles. The predicted octanol–water partition coefficient (Wildman–Crippen LogP) is 8.04. The van der Waals surface area contributed by atoms with Gasteiger partial charge in [-0.15, -0.1) is 0 Å². The van der Waals surface area contributed by atoms with Gasteiger partial charge in [0.1, 0.15) is 6.07 Å². The van der Waals surface area contributed by atoms with Crippen LogP contribution in [-0.4, -0.2) is 30.1 Å². The Labute approximate surface area is 250 Å². The highest BCUT2D eigenvalue weighted by atomic mass is 19.4. The minimum atomic E-state index is -6.90. The molecule has 2 N–H and O–H groups in total. The van der Waals surface area contributed by atoms with E-state index >= 15 is 4.39 Å². The Morgan fingerprint density at radius 1 is 0.756 bits per heavy atom. The van der Waals surface area contributed by atoms with Crippen molar-refractivity contribution < 1.29 is 49.1 Å². The molecule has 0 aliphatic heterocycles. The Morgan fingerprint density at radius 3 is 1.91 bits per heavy atom. The molecule has 0 aliphatic carbocycles. The van der Waals surface area contributed by atoms with E-state index in [2.05, 4.69) is 10.6 Å². The van der Waals surface area contributed by atoms with Crippen molar-refractivity contribution in [1.29, 1.82) is 10.5 Å². The molecule has 3 aromatic carbocycles. The van der Waals surface area contributed by atoms with Crippen LogP contribution in [0.15, 0.2) is 48.5 Å². The zero-order chi connectivity index (χ0) is 34.1. The van der Waals surface area contributed by atoms with Crippen LogP contribution in [0.3, 0.4) is 0 Å². The summed E-state index contributed by atoms with van der Waals surface area (Å²) in [6.45, 7) is 3.82. The number of nitriles is 2. The summed E-state index contributed by atoms with van der Waals surface area (Å²) in [5.41, 5.74) is -8.81. The first-order valence-corrected chi connectivity index (χ1v) is 12.7. The van der Waals surface area contributed by atoms with E-state index in [4.69, 9.17) is 5.26 Å². The van der Waals surface area contributed by atoms with Gasteiger partial charge in [-0.3, -0.25) is 9.59 Å². The number of rotatable bonds is 7. The molecule has 2 amide bonds. The standard InChI is InChI=1S/C30H21F9N4O2/c1-4-18-11-21(27(31,29(34,35)36)28(32,33)30(37,38)39)10-16(3)24(18)43-25(44)19-6-7-20(14-41)23(12-19)42-26(45)22-8-5-17(13-40)9-15(22)2/h5-12H,4H2,1-3H3,(H,42,45)(H,43,44). The quantitative estimate of drug-likeness (QED) is 0.255. The molecule has 0 saturated carbocycles. The van der Waals surface area contributed by atoms with Crippen molar-refractivity contribution in [3.63, 3.8) is 0 Å². The summed E-state index contributed by atoms with van der Waals surface area (Å²) >= 11 is 0. The Bertz CT molecular complexity index is 1750. The third-order valence-corrected chi connectivity index (χ3v) is 6.86. The van der Waals surface area contributed by atoms with E-state index in [0.29, 0.717) is 11.1 Å². The van der Waals surface area contributed by atoms with E-state index in [9.17, 15) is 50.0 Å². The van der Waals surface area contributed by atoms with E-state index in [-0.39, 0.29) is 52.2 Å². The van der Waals surface area contributed by atoms with Gasteiger partial charge in [-0.25, -0.2) is 4.39 Å². The lowest BCUT2D eigenvalue weighted by Gasteiger charge is -2.36. The van der Waals surface area contributed by atoms with Crippen molar-refractivity contribution in [1.82, 2.24) is 0 Å². The Kier molecular flexibility index (Phi) is 9.30. The molecule has 45 heavy (non-hydrogen) atoms. The number of nitrogens with zero attached hydrogens (tertiary/aromatic N) is 2. The fourth-order valence-electron chi connectivity index (χ4n) is 4.48. The summed E-state index contributed by atoms with van der Waals surface area (Å²) in [7, 11) is 0. The van der Waals surface area contributed by atoms with Crippen molar-refractivity contribution in [2.24, 2.45) is 0 Å². The molecular weight excluding hydrogens is 619 g/mol. The molecule has 3 aromatic rings. The maximum absolute atomic E-state index is 15.1. The van der Waals surface area contributed by atoms with Crippen molar-refractivity contribution in [3.8, 4) is 12.1 Å². The van der Waals surface area contributed by atoms with Crippen LogP contribution in [0, 0.1) is 36.5 Å². The van der Waals surface area contributed by atoms with Gasteiger partial charge < -0.3 is 10.6 Å². The Balaban J connectivity index is 2.02. The predicted molar refractivity (Wildman–Crippen MR) is 143 cm³/mol. The fourth-order valence-corrected chi connectivity index (χ4v) is 4.48. The first kappa shape index (κ1) is 34.4. The second-order valence-corrected chi connectivity index (χ2v) is 9.83. The molecule has 236 valence electrons. The Hall–Kier alpha value is -5.05. The van der Waals surface area contributed by atoms with Gasteiger partial charge in [0.25, 0.3) is 11.8 Å². The number of benzene rings is 3. The van der Waals surface area contributed by atoms with Crippen LogP contribution in [0.5, 0.6) is 0 Å². The van der Waals surface area contributed by atoms with Crippen LogP contribution in [0.2, 0.25) is 0 Å². The van der Waals surface area contributed by atoms with Crippen molar-refractivity contribution in [2.75, 3.05) is 10.6 Å². The fraction of sp³-hybridized carbons (Fsp3) is 0.267. The molecule has 0 aromatic heterocycles. The number of carbonyl (C=O) groups excluding carboxylic acids is 2. The van der Waals surface area contributed by atoms with E-state index in [1.54, 1.807) is 6.92 Å². The summed E-state index contributed by atoms with van der Waals surface area (Å²) in [4.78, 5) is 26.0. The van der Waals surface area contributed by atoms with Gasteiger partial charge in [-0.2, -0.15) is 45.6 Å². The number of amides is 2. The molecule has 1 unspecified atom stereocenters. The highest BCUT2D eigenvalue weighted by Gasteiger charge is 2.81. The zero-order valence-corrected chi connectivity index (χ0v) is 23.4. The van der Waals surface area contributed by atoms with Crippen LogP contribution >= 0.6 is 0 Å². The summed E-state index contributed by atoms with van der Waals surface area (Å²) in [5.74, 6) is -8.53. The molecule has 15 heteroatoms. The molecule has 0 spiro atoms. The number of alkyl halides is 9. The summed E-state index contributed by atoms with van der Waals surface area (Å²) in [5, 5.41) is 23.3. The van der Waals surface area contributed by atoms with Crippen LogP contribution in [0.1, 0.15) is 61.0 Å². The zero-order valence-electron chi connectivity index (χ0n) is 23.4. The lowest BCUT2D eigenvalue weighted by molar-refractivity contribution is -0.389. The van der Waals surface area contributed by atoms with E-state index in [0.717, 1.165) is 19.1 Å². The van der Waals surface area contributed by atoms with Gasteiger partial charge >= 0.3 is 23.9 Å². The maximum atomic E-state index is 15.1. The highest BCUT2D eigenvalue weighted by molar-refractivity contribution is 6.09. The normalized spacial score (nSPS) is 13.3. The smallest absolute Gasteiger partial charge is 0.321 e. The molecule has 0 saturated heterocycles. The molecule has 3 rings (SSSR count). The summed E-state index contributed by atoms with van der Waals surface area (Å²) in [6.07, 6.45) is -13.9. The Morgan fingerprint density at radius 2 is 1.40 bits per heavy atom. The summed E-state index contributed by atoms with van der Waals surface area (Å²) in [6, 6.07) is 11.7. The minimum absolute atomic E-state index is 0.0713. The van der Waals surface area contributed by atoms with Crippen LogP contribution in [0.25, 0.3) is 0 Å².